The molecular weight excluding hydrogens is 196 g/mol. The molecule has 0 fully saturated rings. The Morgan fingerprint density at radius 2 is 2.21 bits per heavy atom. The predicted octanol–water partition coefficient (Wildman–Crippen LogP) is 1.69. The minimum Gasteiger partial charge on any atom is -0.312 e. The zero-order chi connectivity index (χ0) is 10.6. The summed E-state index contributed by atoms with van der Waals surface area (Å²) in [5.41, 5.74) is 0.166. The van der Waals surface area contributed by atoms with Crippen molar-refractivity contribution in [1.82, 2.24) is 9.88 Å². The molecule has 0 bridgehead atoms. The number of hydrogen-bond donors (Lipinski definition) is 1. The highest BCUT2D eigenvalue weighted by Gasteiger charge is 2.07. The zero-order valence-electron chi connectivity index (χ0n) is 9.04. The van der Waals surface area contributed by atoms with Crippen LogP contribution in [0.15, 0.2) is 16.4 Å². The highest BCUT2D eigenvalue weighted by Crippen LogP contribution is 1.98. The second-order valence-electron chi connectivity index (χ2n) is 4.39. The van der Waals surface area contributed by atoms with E-state index in [2.05, 4.69) is 26.1 Å². The number of nitrogens with zero attached hydrogens (tertiary/aromatic N) is 1. The summed E-state index contributed by atoms with van der Waals surface area (Å²) in [5.74, 6) is 0. The molecule has 14 heavy (non-hydrogen) atoms. The van der Waals surface area contributed by atoms with Gasteiger partial charge >= 0.3 is 4.87 Å². The second-order valence-corrected chi connectivity index (χ2v) is 5.25. The first-order valence-electron chi connectivity index (χ1n) is 4.88. The molecule has 80 valence electrons. The van der Waals surface area contributed by atoms with Crippen LogP contribution in [0.2, 0.25) is 0 Å². The Hall–Kier alpha value is -0.610. The Morgan fingerprint density at radius 3 is 2.71 bits per heavy atom. The van der Waals surface area contributed by atoms with Gasteiger partial charge in [-0.05, 0) is 33.7 Å². The van der Waals surface area contributed by atoms with Crippen molar-refractivity contribution >= 4 is 11.3 Å². The molecule has 0 aliphatic rings. The maximum Gasteiger partial charge on any atom is 0.307 e. The molecule has 1 heterocycles. The van der Waals surface area contributed by atoms with Gasteiger partial charge in [-0.1, -0.05) is 11.3 Å². The Morgan fingerprint density at radius 1 is 1.50 bits per heavy atom. The van der Waals surface area contributed by atoms with Crippen molar-refractivity contribution < 1.29 is 0 Å². The van der Waals surface area contributed by atoms with Crippen LogP contribution < -0.4 is 10.2 Å². The molecule has 0 aliphatic heterocycles. The lowest BCUT2D eigenvalue weighted by atomic mass is 10.1. The lowest BCUT2D eigenvalue weighted by Gasteiger charge is -2.20. The molecule has 0 amide bonds. The number of hydrogen-bond acceptors (Lipinski definition) is 3. The zero-order valence-corrected chi connectivity index (χ0v) is 9.86. The van der Waals surface area contributed by atoms with Gasteiger partial charge in [-0.25, -0.2) is 0 Å². The lowest BCUT2D eigenvalue weighted by molar-refractivity contribution is 0.413. The smallest absolute Gasteiger partial charge is 0.307 e. The third-order valence-corrected chi connectivity index (χ3v) is 2.57. The van der Waals surface area contributed by atoms with E-state index in [1.807, 2.05) is 11.6 Å². The largest absolute Gasteiger partial charge is 0.312 e. The molecule has 1 aromatic rings. The van der Waals surface area contributed by atoms with Gasteiger partial charge in [0.2, 0.25) is 0 Å². The minimum absolute atomic E-state index is 0.140. The standard InChI is InChI=1S/C10H18N2OS/c1-10(2,3)11-5-4-6-12-7-8-14-9(12)13/h7-8,11H,4-6H2,1-3H3. The van der Waals surface area contributed by atoms with Crippen LogP contribution in [0.4, 0.5) is 0 Å². The van der Waals surface area contributed by atoms with Crippen molar-refractivity contribution in [2.24, 2.45) is 0 Å². The van der Waals surface area contributed by atoms with Crippen LogP contribution in [-0.2, 0) is 6.54 Å². The SMILES string of the molecule is CC(C)(C)NCCCn1ccsc1=O. The molecule has 0 saturated carbocycles. The van der Waals surface area contributed by atoms with Crippen LogP contribution in [0.5, 0.6) is 0 Å². The quantitative estimate of drug-likeness (QED) is 0.774. The van der Waals surface area contributed by atoms with Crippen LogP contribution in [0.3, 0.4) is 0 Å². The number of aryl methyl sites for hydroxylation is 1. The van der Waals surface area contributed by atoms with Crippen LogP contribution in [0.25, 0.3) is 0 Å². The Balaban J connectivity index is 2.23. The highest BCUT2D eigenvalue weighted by atomic mass is 32.1. The van der Waals surface area contributed by atoms with Crippen LogP contribution in [0, 0.1) is 0 Å². The van der Waals surface area contributed by atoms with E-state index in [9.17, 15) is 4.79 Å². The van der Waals surface area contributed by atoms with E-state index in [4.69, 9.17) is 0 Å². The molecule has 1 rings (SSSR count). The molecule has 0 spiro atoms. The summed E-state index contributed by atoms with van der Waals surface area (Å²) in [7, 11) is 0. The summed E-state index contributed by atoms with van der Waals surface area (Å²) in [6, 6.07) is 0. The van der Waals surface area contributed by atoms with Gasteiger partial charge in [0.25, 0.3) is 0 Å². The van der Waals surface area contributed by atoms with Crippen molar-refractivity contribution in [2.75, 3.05) is 6.54 Å². The van der Waals surface area contributed by atoms with Crippen molar-refractivity contribution in [3.8, 4) is 0 Å². The summed E-state index contributed by atoms with van der Waals surface area (Å²) in [6.45, 7) is 8.19. The lowest BCUT2D eigenvalue weighted by Crippen LogP contribution is -2.36. The second kappa shape index (κ2) is 4.75. The van der Waals surface area contributed by atoms with Gasteiger partial charge in [0, 0.05) is 23.7 Å². The summed E-state index contributed by atoms with van der Waals surface area (Å²) < 4.78 is 1.76. The van der Waals surface area contributed by atoms with E-state index < -0.39 is 0 Å². The first-order valence-corrected chi connectivity index (χ1v) is 5.76. The van der Waals surface area contributed by atoms with Crippen molar-refractivity contribution in [2.45, 2.75) is 39.3 Å². The van der Waals surface area contributed by atoms with Crippen molar-refractivity contribution in [3.05, 3.63) is 21.2 Å². The first-order chi connectivity index (χ1) is 6.49. The summed E-state index contributed by atoms with van der Waals surface area (Å²) in [4.78, 5) is 11.3. The number of rotatable bonds is 4. The molecule has 4 heteroatoms. The third-order valence-electron chi connectivity index (χ3n) is 1.88. The molecule has 3 nitrogen and oxygen atoms in total. The molecular formula is C10H18N2OS. The fourth-order valence-electron chi connectivity index (χ4n) is 1.17. The minimum atomic E-state index is 0.140. The van der Waals surface area contributed by atoms with Gasteiger partial charge < -0.3 is 9.88 Å². The Kier molecular flexibility index (Phi) is 3.89. The van der Waals surface area contributed by atoms with Crippen LogP contribution in [0.1, 0.15) is 27.2 Å². The molecule has 0 radical (unpaired) electrons. The van der Waals surface area contributed by atoms with Gasteiger partial charge in [0.05, 0.1) is 0 Å². The summed E-state index contributed by atoms with van der Waals surface area (Å²) in [6.07, 6.45) is 2.85. The molecule has 0 aliphatic carbocycles. The van der Waals surface area contributed by atoms with E-state index in [0.29, 0.717) is 0 Å². The van der Waals surface area contributed by atoms with Gasteiger partial charge in [-0.15, -0.1) is 0 Å². The third kappa shape index (κ3) is 4.07. The summed E-state index contributed by atoms with van der Waals surface area (Å²) in [5, 5.41) is 5.22. The maximum absolute atomic E-state index is 11.2. The number of thiazole rings is 1. The Bertz CT molecular complexity index is 321. The molecule has 0 aromatic carbocycles. The average Bonchev–Trinajstić information content (AvgIpc) is 2.44. The predicted molar refractivity (Wildman–Crippen MR) is 61.0 cm³/mol. The fraction of sp³-hybridized carbons (Fsp3) is 0.700. The van der Waals surface area contributed by atoms with Gasteiger partial charge in [-0.2, -0.15) is 0 Å². The molecule has 1 aromatic heterocycles. The monoisotopic (exact) mass is 214 g/mol. The Labute approximate surface area is 88.8 Å². The van der Waals surface area contributed by atoms with Crippen LogP contribution in [-0.4, -0.2) is 16.7 Å². The topological polar surface area (TPSA) is 34.0 Å². The molecule has 0 unspecified atom stereocenters. The van der Waals surface area contributed by atoms with Crippen LogP contribution >= 0.6 is 11.3 Å². The van der Waals surface area contributed by atoms with Gasteiger partial charge in [-0.3, -0.25) is 4.79 Å². The van der Waals surface area contributed by atoms with E-state index in [1.54, 1.807) is 4.57 Å². The van der Waals surface area contributed by atoms with Crippen molar-refractivity contribution in [3.63, 3.8) is 0 Å². The van der Waals surface area contributed by atoms with E-state index in [-0.39, 0.29) is 10.4 Å². The van der Waals surface area contributed by atoms with E-state index in [0.717, 1.165) is 19.5 Å². The molecule has 0 atom stereocenters. The van der Waals surface area contributed by atoms with Gasteiger partial charge in [0.15, 0.2) is 0 Å². The number of aromatic nitrogens is 1. The fourth-order valence-corrected chi connectivity index (χ4v) is 1.78. The first kappa shape index (κ1) is 11.5. The maximum atomic E-state index is 11.2. The molecule has 0 saturated heterocycles. The average molecular weight is 214 g/mol. The van der Waals surface area contributed by atoms with E-state index >= 15 is 0 Å². The normalized spacial score (nSPS) is 11.9. The van der Waals surface area contributed by atoms with Crippen molar-refractivity contribution in [1.29, 1.82) is 0 Å². The number of nitrogens with one attached hydrogen (secondary N) is 1. The highest BCUT2D eigenvalue weighted by molar-refractivity contribution is 7.07. The van der Waals surface area contributed by atoms with E-state index in [1.165, 1.54) is 11.3 Å². The van der Waals surface area contributed by atoms with Gasteiger partial charge in [0.1, 0.15) is 0 Å². The molecule has 1 N–H and O–H groups in total. The summed E-state index contributed by atoms with van der Waals surface area (Å²) >= 11 is 1.25.